The summed E-state index contributed by atoms with van der Waals surface area (Å²) in [7, 11) is 0. The van der Waals surface area contributed by atoms with Gasteiger partial charge in [0.05, 0.1) is 11.8 Å². The Kier molecular flexibility index (Phi) is 6.89. The van der Waals surface area contributed by atoms with E-state index in [-0.39, 0.29) is 35.5 Å². The number of hydrogen-bond acceptors (Lipinski definition) is 4. The molecular weight excluding hydrogens is 390 g/mol. The van der Waals surface area contributed by atoms with Crippen molar-refractivity contribution in [1.29, 1.82) is 0 Å². The van der Waals surface area contributed by atoms with Gasteiger partial charge in [0.2, 0.25) is 11.8 Å². The number of allylic oxidation sites excluding steroid dienone is 2. The number of benzene rings is 1. The zero-order valence-electron chi connectivity index (χ0n) is 18.2. The van der Waals surface area contributed by atoms with E-state index in [2.05, 4.69) is 45.2 Å². The molecule has 0 radical (unpaired) electrons. The van der Waals surface area contributed by atoms with E-state index >= 15 is 0 Å². The summed E-state index contributed by atoms with van der Waals surface area (Å²) in [6.45, 7) is 5.57. The lowest BCUT2D eigenvalue weighted by Gasteiger charge is -2.17. The molecule has 0 spiro atoms. The SMILES string of the molecule is CCNC(=NCCCN1C(=O)C2C3C=CC(C3)C2C1=O)NCCCNc1ccccc1. The van der Waals surface area contributed by atoms with Crippen LogP contribution >= 0.6 is 0 Å². The summed E-state index contributed by atoms with van der Waals surface area (Å²) < 4.78 is 0. The van der Waals surface area contributed by atoms with Crippen LogP contribution in [0, 0.1) is 23.7 Å². The van der Waals surface area contributed by atoms with Gasteiger partial charge in [0.1, 0.15) is 0 Å². The summed E-state index contributed by atoms with van der Waals surface area (Å²) in [6.07, 6.45) is 6.90. The molecule has 2 aliphatic carbocycles. The van der Waals surface area contributed by atoms with Gasteiger partial charge < -0.3 is 16.0 Å². The van der Waals surface area contributed by atoms with E-state index in [1.54, 1.807) is 0 Å². The Bertz CT molecular complexity index is 808. The summed E-state index contributed by atoms with van der Waals surface area (Å²) in [4.78, 5) is 31.6. The minimum atomic E-state index is -0.102. The highest BCUT2D eigenvalue weighted by molar-refractivity contribution is 6.06. The molecule has 166 valence electrons. The van der Waals surface area contributed by atoms with Crippen LogP contribution in [0.4, 0.5) is 5.69 Å². The van der Waals surface area contributed by atoms with Crippen LogP contribution in [0.3, 0.4) is 0 Å². The number of nitrogens with one attached hydrogen (secondary N) is 3. The van der Waals surface area contributed by atoms with E-state index in [1.807, 2.05) is 25.1 Å². The Labute approximate surface area is 184 Å². The van der Waals surface area contributed by atoms with Crippen molar-refractivity contribution in [1.82, 2.24) is 15.5 Å². The summed E-state index contributed by atoms with van der Waals surface area (Å²) >= 11 is 0. The highest BCUT2D eigenvalue weighted by atomic mass is 16.2. The van der Waals surface area contributed by atoms with Crippen molar-refractivity contribution in [3.63, 3.8) is 0 Å². The molecule has 7 nitrogen and oxygen atoms in total. The Morgan fingerprint density at radius 1 is 1.00 bits per heavy atom. The van der Waals surface area contributed by atoms with Crippen molar-refractivity contribution in [3.8, 4) is 0 Å². The van der Waals surface area contributed by atoms with Crippen molar-refractivity contribution in [2.45, 2.75) is 26.2 Å². The predicted molar refractivity (Wildman–Crippen MR) is 123 cm³/mol. The smallest absolute Gasteiger partial charge is 0.233 e. The molecule has 1 saturated heterocycles. The normalized spacial score (nSPS) is 26.5. The van der Waals surface area contributed by atoms with Gasteiger partial charge in [0.25, 0.3) is 0 Å². The standard InChI is InChI=1S/C24H33N5O2/c1-2-25-24(27-13-6-12-26-19-8-4-3-5-9-19)28-14-7-15-29-22(30)20-17-10-11-18(16-17)21(20)23(29)31/h3-5,8-11,17-18,20-21,26H,2,6-7,12-16H2,1H3,(H2,25,27,28). The number of anilines is 1. The second kappa shape index (κ2) is 9.98. The van der Waals surface area contributed by atoms with E-state index in [0.717, 1.165) is 44.1 Å². The lowest BCUT2D eigenvalue weighted by atomic mass is 9.85. The second-order valence-corrected chi connectivity index (χ2v) is 8.52. The molecule has 2 fully saturated rings. The molecule has 4 rings (SSSR count). The summed E-state index contributed by atoms with van der Waals surface area (Å²) in [5, 5.41) is 10.00. The number of aliphatic imine (C=N–C) groups is 1. The summed E-state index contributed by atoms with van der Waals surface area (Å²) in [5.74, 6) is 1.19. The highest BCUT2D eigenvalue weighted by Gasteiger charge is 2.58. The number of carbonyl (C=O) groups is 2. The topological polar surface area (TPSA) is 85.8 Å². The van der Waals surface area contributed by atoms with Gasteiger partial charge >= 0.3 is 0 Å². The molecule has 4 atom stereocenters. The number of amides is 2. The zero-order valence-corrected chi connectivity index (χ0v) is 18.2. The van der Waals surface area contributed by atoms with Crippen LogP contribution in [0.2, 0.25) is 0 Å². The number of nitrogens with zero attached hydrogens (tertiary/aromatic N) is 2. The number of guanidine groups is 1. The molecular formula is C24H33N5O2. The average molecular weight is 424 g/mol. The van der Waals surface area contributed by atoms with E-state index in [9.17, 15) is 9.59 Å². The van der Waals surface area contributed by atoms with Crippen LogP contribution in [0.1, 0.15) is 26.2 Å². The third-order valence-electron chi connectivity index (χ3n) is 6.46. The van der Waals surface area contributed by atoms with Crippen LogP contribution in [-0.2, 0) is 9.59 Å². The van der Waals surface area contributed by atoms with E-state index < -0.39 is 0 Å². The van der Waals surface area contributed by atoms with Crippen LogP contribution < -0.4 is 16.0 Å². The molecule has 1 aromatic rings. The number of para-hydroxylation sites is 1. The van der Waals surface area contributed by atoms with Crippen LogP contribution in [0.15, 0.2) is 47.5 Å². The Hall–Kier alpha value is -2.83. The first-order chi connectivity index (χ1) is 15.2. The number of imide groups is 1. The highest BCUT2D eigenvalue weighted by Crippen LogP contribution is 2.52. The van der Waals surface area contributed by atoms with E-state index in [4.69, 9.17) is 0 Å². The quantitative estimate of drug-likeness (QED) is 0.177. The van der Waals surface area contributed by atoms with Gasteiger partial charge in [0.15, 0.2) is 5.96 Å². The van der Waals surface area contributed by atoms with Gasteiger partial charge in [-0.25, -0.2) is 0 Å². The van der Waals surface area contributed by atoms with Crippen molar-refractivity contribution in [3.05, 3.63) is 42.5 Å². The first-order valence-corrected chi connectivity index (χ1v) is 11.5. The Morgan fingerprint density at radius 3 is 2.39 bits per heavy atom. The fourth-order valence-corrected chi connectivity index (χ4v) is 5.03. The van der Waals surface area contributed by atoms with Crippen LogP contribution in [0.5, 0.6) is 0 Å². The molecule has 1 aromatic carbocycles. The van der Waals surface area contributed by atoms with Gasteiger partial charge in [-0.1, -0.05) is 30.4 Å². The van der Waals surface area contributed by atoms with Gasteiger partial charge in [0, 0.05) is 38.4 Å². The number of carbonyl (C=O) groups excluding carboxylic acids is 2. The fourth-order valence-electron chi connectivity index (χ4n) is 5.03. The summed E-state index contributed by atoms with van der Waals surface area (Å²) in [5.41, 5.74) is 1.13. The molecule has 1 heterocycles. The number of rotatable bonds is 10. The third kappa shape index (κ3) is 4.75. The Balaban J connectivity index is 1.17. The average Bonchev–Trinajstić information content (AvgIpc) is 3.46. The zero-order chi connectivity index (χ0) is 21.6. The second-order valence-electron chi connectivity index (χ2n) is 8.52. The van der Waals surface area contributed by atoms with Gasteiger partial charge in [-0.2, -0.15) is 0 Å². The lowest BCUT2D eigenvalue weighted by molar-refractivity contribution is -0.140. The van der Waals surface area contributed by atoms with Gasteiger partial charge in [-0.3, -0.25) is 19.5 Å². The molecule has 4 unspecified atom stereocenters. The van der Waals surface area contributed by atoms with Gasteiger partial charge in [-0.05, 0) is 50.2 Å². The van der Waals surface area contributed by atoms with Crippen LogP contribution in [-0.4, -0.2) is 55.4 Å². The maximum atomic E-state index is 12.7. The molecule has 1 saturated carbocycles. The lowest BCUT2D eigenvalue weighted by Crippen LogP contribution is -2.38. The number of likely N-dealkylation sites (tertiary alicyclic amines) is 1. The predicted octanol–water partition coefficient (Wildman–Crippen LogP) is 2.24. The van der Waals surface area contributed by atoms with E-state index in [0.29, 0.717) is 19.5 Å². The molecule has 3 N–H and O–H groups in total. The fraction of sp³-hybridized carbons (Fsp3) is 0.542. The molecule has 2 amide bonds. The van der Waals surface area contributed by atoms with Crippen molar-refractivity contribution in [2.24, 2.45) is 28.7 Å². The molecule has 31 heavy (non-hydrogen) atoms. The monoisotopic (exact) mass is 423 g/mol. The number of hydrogen-bond donors (Lipinski definition) is 3. The largest absolute Gasteiger partial charge is 0.385 e. The molecule has 3 aliphatic rings. The van der Waals surface area contributed by atoms with Crippen molar-refractivity contribution in [2.75, 3.05) is 38.0 Å². The molecule has 7 heteroatoms. The maximum absolute atomic E-state index is 12.7. The first-order valence-electron chi connectivity index (χ1n) is 11.5. The maximum Gasteiger partial charge on any atom is 0.233 e. The van der Waals surface area contributed by atoms with Gasteiger partial charge in [-0.15, -0.1) is 0 Å². The summed E-state index contributed by atoms with van der Waals surface area (Å²) in [6, 6.07) is 10.2. The van der Waals surface area contributed by atoms with E-state index in [1.165, 1.54) is 4.90 Å². The Morgan fingerprint density at radius 2 is 1.71 bits per heavy atom. The number of fused-ring (bicyclic) bond motifs is 5. The van der Waals surface area contributed by atoms with Crippen LogP contribution in [0.25, 0.3) is 0 Å². The first kappa shape index (κ1) is 21.4. The van der Waals surface area contributed by atoms with Crippen molar-refractivity contribution >= 4 is 23.5 Å². The minimum absolute atomic E-state index is 0.0341. The third-order valence-corrected chi connectivity index (χ3v) is 6.46. The molecule has 2 bridgehead atoms. The van der Waals surface area contributed by atoms with Crippen molar-refractivity contribution < 1.29 is 9.59 Å². The molecule has 1 aliphatic heterocycles. The molecule has 0 aromatic heterocycles. The minimum Gasteiger partial charge on any atom is -0.385 e.